The molecule has 0 bridgehead atoms. The lowest BCUT2D eigenvalue weighted by molar-refractivity contribution is 0.0842. The Bertz CT molecular complexity index is 594. The number of hydrogen-bond acceptors (Lipinski definition) is 4. The molecule has 0 N–H and O–H groups in total. The summed E-state index contributed by atoms with van der Waals surface area (Å²) in [5.41, 5.74) is 2.89. The average Bonchev–Trinajstić information content (AvgIpc) is 2.58. The first-order valence-electron chi connectivity index (χ1n) is 8.12. The van der Waals surface area contributed by atoms with Crippen molar-refractivity contribution in [3.05, 3.63) is 54.6 Å². The number of ether oxygens (including phenoxy) is 1. The monoisotopic (exact) mass is 311 g/mol. The van der Waals surface area contributed by atoms with E-state index >= 15 is 0 Å². The average molecular weight is 311 g/mol. The Morgan fingerprint density at radius 1 is 0.913 bits per heavy atom. The van der Waals surface area contributed by atoms with E-state index in [0.29, 0.717) is 0 Å². The maximum absolute atomic E-state index is 5.63. The van der Waals surface area contributed by atoms with Crippen LogP contribution in [0.25, 0.3) is 0 Å². The van der Waals surface area contributed by atoms with Crippen LogP contribution >= 0.6 is 0 Å². The van der Waals surface area contributed by atoms with E-state index in [-0.39, 0.29) is 6.10 Å². The Kier molecular flexibility index (Phi) is 6.76. The summed E-state index contributed by atoms with van der Waals surface area (Å²) >= 11 is 0. The first-order valence-corrected chi connectivity index (χ1v) is 8.12. The summed E-state index contributed by atoms with van der Waals surface area (Å²) in [7, 11) is 0. The summed E-state index contributed by atoms with van der Waals surface area (Å²) in [6.45, 7) is 8.84. The molecule has 0 aliphatic rings. The van der Waals surface area contributed by atoms with E-state index in [1.807, 2.05) is 42.5 Å². The van der Waals surface area contributed by atoms with Gasteiger partial charge >= 0.3 is 0 Å². The molecule has 4 nitrogen and oxygen atoms in total. The molecule has 0 atom stereocenters. The van der Waals surface area contributed by atoms with Crippen LogP contribution in [-0.2, 0) is 4.74 Å². The number of benzene rings is 2. The lowest BCUT2D eigenvalue weighted by Gasteiger charge is -2.23. The molecule has 0 radical (unpaired) electrons. The van der Waals surface area contributed by atoms with E-state index in [0.717, 1.165) is 31.1 Å². The van der Waals surface area contributed by atoms with Gasteiger partial charge in [0.2, 0.25) is 0 Å². The van der Waals surface area contributed by atoms with Crippen molar-refractivity contribution in [2.24, 2.45) is 10.2 Å². The highest BCUT2D eigenvalue weighted by Gasteiger charge is 2.04. The lowest BCUT2D eigenvalue weighted by atomic mass is 10.2. The Morgan fingerprint density at radius 2 is 1.52 bits per heavy atom. The summed E-state index contributed by atoms with van der Waals surface area (Å²) in [6, 6.07) is 17.9. The predicted octanol–water partition coefficient (Wildman–Crippen LogP) is 5.35. The van der Waals surface area contributed by atoms with Crippen LogP contribution in [0.4, 0.5) is 17.1 Å². The van der Waals surface area contributed by atoms with E-state index in [4.69, 9.17) is 4.74 Å². The third-order valence-electron chi connectivity index (χ3n) is 3.45. The first kappa shape index (κ1) is 17.2. The summed E-state index contributed by atoms with van der Waals surface area (Å²) in [5.74, 6) is 0. The second-order valence-corrected chi connectivity index (χ2v) is 5.55. The van der Waals surface area contributed by atoms with E-state index < -0.39 is 0 Å². The number of hydrogen-bond donors (Lipinski definition) is 0. The molecule has 2 rings (SSSR count). The largest absolute Gasteiger partial charge is 0.377 e. The second-order valence-electron chi connectivity index (χ2n) is 5.55. The molecular formula is C19H25N3O. The Balaban J connectivity index is 1.96. The van der Waals surface area contributed by atoms with Crippen LogP contribution in [0.3, 0.4) is 0 Å². The maximum Gasteiger partial charge on any atom is 0.0858 e. The van der Waals surface area contributed by atoms with Crippen LogP contribution in [0.2, 0.25) is 0 Å². The smallest absolute Gasteiger partial charge is 0.0858 e. The predicted molar refractivity (Wildman–Crippen MR) is 96.0 cm³/mol. The highest BCUT2D eigenvalue weighted by molar-refractivity contribution is 5.52. The molecule has 0 fully saturated rings. The van der Waals surface area contributed by atoms with Gasteiger partial charge in [0, 0.05) is 18.8 Å². The fourth-order valence-electron chi connectivity index (χ4n) is 2.21. The maximum atomic E-state index is 5.63. The zero-order valence-corrected chi connectivity index (χ0v) is 14.1. The molecule has 0 amide bonds. The van der Waals surface area contributed by atoms with Crippen LogP contribution < -0.4 is 4.90 Å². The number of azo groups is 1. The van der Waals surface area contributed by atoms with Crippen LogP contribution in [0.1, 0.15) is 20.8 Å². The third-order valence-corrected chi connectivity index (χ3v) is 3.45. The fraction of sp³-hybridized carbons (Fsp3) is 0.368. The standard InChI is InChI=1S/C19H25N3O/c1-4-22(14-15-23-16(2)3)19-12-10-18(11-13-19)21-20-17-8-6-5-7-9-17/h5-13,16H,4,14-15H2,1-3H3. The van der Waals surface area contributed by atoms with E-state index in [2.05, 4.69) is 48.0 Å². The van der Waals surface area contributed by atoms with Gasteiger partial charge in [-0.25, -0.2) is 0 Å². The van der Waals surface area contributed by atoms with Crippen molar-refractivity contribution in [3.8, 4) is 0 Å². The highest BCUT2D eigenvalue weighted by atomic mass is 16.5. The molecule has 0 aliphatic heterocycles. The zero-order valence-electron chi connectivity index (χ0n) is 14.1. The molecule has 122 valence electrons. The fourth-order valence-corrected chi connectivity index (χ4v) is 2.21. The molecule has 0 saturated carbocycles. The van der Waals surface area contributed by atoms with Gasteiger partial charge in [0.1, 0.15) is 0 Å². The van der Waals surface area contributed by atoms with Crippen molar-refractivity contribution in [1.82, 2.24) is 0 Å². The molecule has 2 aromatic rings. The van der Waals surface area contributed by atoms with Gasteiger partial charge in [-0.2, -0.15) is 10.2 Å². The van der Waals surface area contributed by atoms with Gasteiger partial charge in [-0.05, 0) is 57.2 Å². The van der Waals surface area contributed by atoms with Crippen molar-refractivity contribution < 1.29 is 4.74 Å². The molecule has 2 aromatic carbocycles. The van der Waals surface area contributed by atoms with Crippen molar-refractivity contribution in [2.45, 2.75) is 26.9 Å². The van der Waals surface area contributed by atoms with Crippen molar-refractivity contribution >= 4 is 17.1 Å². The molecule has 0 saturated heterocycles. The van der Waals surface area contributed by atoms with Crippen LogP contribution in [0, 0.1) is 0 Å². The Labute approximate surface area is 138 Å². The second kappa shape index (κ2) is 9.06. The SMILES string of the molecule is CCN(CCOC(C)C)c1ccc(N=Nc2ccccc2)cc1. The minimum atomic E-state index is 0.273. The van der Waals surface area contributed by atoms with Gasteiger partial charge in [0.15, 0.2) is 0 Å². The molecule has 0 unspecified atom stereocenters. The van der Waals surface area contributed by atoms with Crippen LogP contribution in [0.5, 0.6) is 0 Å². The van der Waals surface area contributed by atoms with Gasteiger partial charge < -0.3 is 9.64 Å². The van der Waals surface area contributed by atoms with E-state index in [1.54, 1.807) is 0 Å². The summed E-state index contributed by atoms with van der Waals surface area (Å²) in [4.78, 5) is 2.29. The van der Waals surface area contributed by atoms with Gasteiger partial charge in [0.25, 0.3) is 0 Å². The molecule has 0 spiro atoms. The minimum Gasteiger partial charge on any atom is -0.377 e. The van der Waals surface area contributed by atoms with Crippen molar-refractivity contribution in [2.75, 3.05) is 24.6 Å². The normalized spacial score (nSPS) is 11.3. The number of rotatable bonds is 8. The molecule has 0 aromatic heterocycles. The Hall–Kier alpha value is -2.20. The molecular weight excluding hydrogens is 286 g/mol. The quantitative estimate of drug-likeness (QED) is 0.616. The van der Waals surface area contributed by atoms with Gasteiger partial charge in [0.05, 0.1) is 24.1 Å². The van der Waals surface area contributed by atoms with Crippen molar-refractivity contribution in [3.63, 3.8) is 0 Å². The topological polar surface area (TPSA) is 37.2 Å². The van der Waals surface area contributed by atoms with Gasteiger partial charge in [-0.15, -0.1) is 0 Å². The molecule has 23 heavy (non-hydrogen) atoms. The van der Waals surface area contributed by atoms with Crippen LogP contribution in [0.15, 0.2) is 64.8 Å². The molecule has 0 aliphatic carbocycles. The number of likely N-dealkylation sites (N-methyl/N-ethyl adjacent to an activating group) is 1. The van der Waals surface area contributed by atoms with Crippen LogP contribution in [-0.4, -0.2) is 25.8 Å². The van der Waals surface area contributed by atoms with Gasteiger partial charge in [-0.3, -0.25) is 0 Å². The first-order chi connectivity index (χ1) is 11.2. The van der Waals surface area contributed by atoms with Gasteiger partial charge in [-0.1, -0.05) is 18.2 Å². The number of nitrogens with zero attached hydrogens (tertiary/aromatic N) is 3. The molecule has 4 heteroatoms. The van der Waals surface area contributed by atoms with E-state index in [1.165, 1.54) is 5.69 Å². The summed E-state index contributed by atoms with van der Waals surface area (Å²) < 4.78 is 5.63. The van der Waals surface area contributed by atoms with E-state index in [9.17, 15) is 0 Å². The zero-order chi connectivity index (χ0) is 16.5. The Morgan fingerprint density at radius 3 is 2.09 bits per heavy atom. The molecule has 0 heterocycles. The lowest BCUT2D eigenvalue weighted by Crippen LogP contribution is -2.27. The summed E-state index contributed by atoms with van der Waals surface area (Å²) in [5, 5.41) is 8.50. The minimum absolute atomic E-state index is 0.273. The third kappa shape index (κ3) is 5.83. The highest BCUT2D eigenvalue weighted by Crippen LogP contribution is 2.22. The summed E-state index contributed by atoms with van der Waals surface area (Å²) in [6.07, 6.45) is 0.273. The van der Waals surface area contributed by atoms with Crippen molar-refractivity contribution in [1.29, 1.82) is 0 Å². The number of anilines is 1.